The lowest BCUT2D eigenvalue weighted by atomic mass is 10.2. The van der Waals surface area contributed by atoms with Gasteiger partial charge in [0, 0.05) is 37.4 Å². The first kappa shape index (κ1) is 38.5. The van der Waals surface area contributed by atoms with E-state index in [0.717, 1.165) is 38.5 Å². The summed E-state index contributed by atoms with van der Waals surface area (Å²) in [6.45, 7) is 2.97. The van der Waals surface area contributed by atoms with E-state index in [-0.39, 0.29) is 23.8 Å². The monoisotopic (exact) mass is 605 g/mol. The number of allylic oxidation sites excluding steroid dienone is 12. The maximum atomic E-state index is 11.9. The number of rotatable bonds is 25. The zero-order valence-corrected chi connectivity index (χ0v) is 26.8. The molecule has 230 valence electrons. The number of carbonyl (C=O) groups excluding carboxylic acids is 3. The van der Waals surface area contributed by atoms with Crippen molar-refractivity contribution in [1.29, 1.82) is 0 Å². The Hall–Kier alpha value is -2.49. The Morgan fingerprint density at radius 1 is 0.683 bits per heavy atom. The third kappa shape index (κ3) is 27.5. The molecule has 0 aliphatic heterocycles. The molecule has 0 aromatic rings. The Kier molecular flexibility index (Phi) is 28.6. The van der Waals surface area contributed by atoms with Crippen LogP contribution in [0.3, 0.4) is 0 Å². The summed E-state index contributed by atoms with van der Waals surface area (Å²) in [5.74, 6) is 0.851. The second kappa shape index (κ2) is 30.5. The van der Waals surface area contributed by atoms with Gasteiger partial charge in [-0.2, -0.15) is 0 Å². The van der Waals surface area contributed by atoms with Crippen LogP contribution in [0.2, 0.25) is 0 Å². The largest absolute Gasteiger partial charge is 0.468 e. The highest BCUT2D eigenvalue weighted by atomic mass is 33.1. The lowest BCUT2D eigenvalue weighted by Crippen LogP contribution is -2.37. The highest BCUT2D eigenvalue weighted by molar-refractivity contribution is 8.76. The standard InChI is InChI=1S/C32H51N3O4S2/c1-4-5-6-7-8-9-10-11-12-13-14-15-16-17-18-19-20-21-22-23-30(36)34-25-26-35-31(37)24-27-40-41-28-29(33-2)32(38)39-3/h5-6,8-9,11-12,14-15,17-18,20-21,29,33H,4,7,10,13,16,19,22-28H2,1-3H3,(H,34,36)(H,35,37)/b6-5-,9-8-,12-11-,15-14-,18-17-,21-20-. The molecule has 0 aliphatic carbocycles. The van der Waals surface area contributed by atoms with E-state index in [2.05, 4.69) is 89.7 Å². The summed E-state index contributed by atoms with van der Waals surface area (Å²) in [5, 5.41) is 8.54. The van der Waals surface area contributed by atoms with Crippen LogP contribution in [0.15, 0.2) is 72.9 Å². The Morgan fingerprint density at radius 2 is 1.15 bits per heavy atom. The first-order valence-corrected chi connectivity index (χ1v) is 17.0. The molecule has 0 bridgehead atoms. The van der Waals surface area contributed by atoms with Gasteiger partial charge in [0.2, 0.25) is 11.8 Å². The van der Waals surface area contributed by atoms with Crippen LogP contribution in [0, 0.1) is 0 Å². The fraction of sp³-hybridized carbons (Fsp3) is 0.531. The highest BCUT2D eigenvalue weighted by Crippen LogP contribution is 2.22. The molecular formula is C32H51N3O4S2. The molecule has 0 aromatic heterocycles. The molecule has 2 amide bonds. The smallest absolute Gasteiger partial charge is 0.323 e. The summed E-state index contributed by atoms with van der Waals surface area (Å²) in [5.41, 5.74) is 0. The molecule has 0 aliphatic rings. The van der Waals surface area contributed by atoms with Crippen molar-refractivity contribution in [1.82, 2.24) is 16.0 Å². The molecule has 7 nitrogen and oxygen atoms in total. The van der Waals surface area contributed by atoms with Crippen LogP contribution in [0.4, 0.5) is 0 Å². The third-order valence-corrected chi connectivity index (χ3v) is 7.88. The van der Waals surface area contributed by atoms with Crippen LogP contribution < -0.4 is 16.0 Å². The molecule has 0 aromatic carbocycles. The van der Waals surface area contributed by atoms with Gasteiger partial charge in [-0.25, -0.2) is 0 Å². The maximum Gasteiger partial charge on any atom is 0.323 e. The van der Waals surface area contributed by atoms with E-state index in [1.165, 1.54) is 17.9 Å². The van der Waals surface area contributed by atoms with Crippen molar-refractivity contribution in [2.24, 2.45) is 0 Å². The zero-order chi connectivity index (χ0) is 30.2. The minimum atomic E-state index is -0.352. The lowest BCUT2D eigenvalue weighted by Gasteiger charge is -2.12. The van der Waals surface area contributed by atoms with Gasteiger partial charge >= 0.3 is 5.97 Å². The topological polar surface area (TPSA) is 96.5 Å². The normalized spacial score (nSPS) is 13.0. The third-order valence-electron chi connectivity index (χ3n) is 5.47. The number of hydrogen-bond donors (Lipinski definition) is 3. The van der Waals surface area contributed by atoms with E-state index >= 15 is 0 Å². The Morgan fingerprint density at radius 3 is 1.61 bits per heavy atom. The molecular weight excluding hydrogens is 555 g/mol. The average molecular weight is 606 g/mol. The van der Waals surface area contributed by atoms with Crippen LogP contribution in [-0.4, -0.2) is 62.6 Å². The van der Waals surface area contributed by atoms with Crippen molar-refractivity contribution in [3.8, 4) is 0 Å². The maximum absolute atomic E-state index is 11.9. The molecule has 0 radical (unpaired) electrons. The van der Waals surface area contributed by atoms with E-state index in [0.29, 0.717) is 43.9 Å². The minimum Gasteiger partial charge on any atom is -0.468 e. The fourth-order valence-corrected chi connectivity index (χ4v) is 5.38. The summed E-state index contributed by atoms with van der Waals surface area (Å²) in [4.78, 5) is 35.3. The molecule has 0 saturated carbocycles. The summed E-state index contributed by atoms with van der Waals surface area (Å²) < 4.78 is 4.72. The van der Waals surface area contributed by atoms with Crippen molar-refractivity contribution in [2.45, 2.75) is 70.8 Å². The van der Waals surface area contributed by atoms with Gasteiger partial charge in [0.1, 0.15) is 6.04 Å². The molecule has 0 spiro atoms. The summed E-state index contributed by atoms with van der Waals surface area (Å²) in [6, 6.07) is -0.352. The van der Waals surface area contributed by atoms with Gasteiger partial charge in [0.15, 0.2) is 0 Å². The molecule has 3 N–H and O–H groups in total. The number of methoxy groups -OCH3 is 1. The van der Waals surface area contributed by atoms with Gasteiger partial charge in [0.05, 0.1) is 7.11 Å². The highest BCUT2D eigenvalue weighted by Gasteiger charge is 2.16. The molecule has 0 heterocycles. The summed E-state index contributed by atoms with van der Waals surface area (Å²) >= 11 is 0. The van der Waals surface area contributed by atoms with E-state index in [1.54, 1.807) is 17.8 Å². The predicted molar refractivity (Wildman–Crippen MR) is 178 cm³/mol. The van der Waals surface area contributed by atoms with Gasteiger partial charge in [0.25, 0.3) is 0 Å². The fourth-order valence-electron chi connectivity index (χ4n) is 3.16. The Bertz CT molecular complexity index is 867. The number of carbonyl (C=O) groups is 3. The molecule has 0 fully saturated rings. The van der Waals surface area contributed by atoms with Gasteiger partial charge in [-0.3, -0.25) is 14.4 Å². The van der Waals surface area contributed by atoms with E-state index < -0.39 is 0 Å². The van der Waals surface area contributed by atoms with Crippen LogP contribution in [-0.2, 0) is 19.1 Å². The van der Waals surface area contributed by atoms with Gasteiger partial charge in [-0.15, -0.1) is 0 Å². The average Bonchev–Trinajstić information content (AvgIpc) is 2.98. The second-order valence-electron chi connectivity index (χ2n) is 8.87. The SMILES string of the molecule is CC/C=C\C/C=C\C/C=C\C/C=C\C/C=C\C/C=C\CCC(=O)NCCNC(=O)CCSSCC(NC)C(=O)OC. The molecule has 9 heteroatoms. The minimum absolute atomic E-state index is 0.0181. The number of ether oxygens (including phenoxy) is 1. The van der Waals surface area contributed by atoms with Crippen LogP contribution >= 0.6 is 21.6 Å². The number of likely N-dealkylation sites (N-methyl/N-ethyl adjacent to an activating group) is 1. The van der Waals surface area contributed by atoms with Crippen molar-refractivity contribution >= 4 is 39.4 Å². The van der Waals surface area contributed by atoms with Crippen molar-refractivity contribution in [3.63, 3.8) is 0 Å². The molecule has 1 unspecified atom stereocenters. The quantitative estimate of drug-likeness (QED) is 0.0491. The number of hydrogen-bond acceptors (Lipinski definition) is 7. The van der Waals surface area contributed by atoms with Crippen molar-refractivity contribution in [2.75, 3.05) is 38.8 Å². The number of esters is 1. The summed E-state index contributed by atoms with van der Waals surface area (Å²) in [7, 11) is 6.15. The first-order chi connectivity index (χ1) is 20.0. The van der Waals surface area contributed by atoms with Crippen LogP contribution in [0.1, 0.15) is 64.7 Å². The first-order valence-electron chi connectivity index (χ1n) is 14.5. The second-order valence-corrected chi connectivity index (χ2v) is 11.5. The lowest BCUT2D eigenvalue weighted by molar-refractivity contribution is -0.142. The molecule has 1 atom stereocenters. The van der Waals surface area contributed by atoms with Crippen molar-refractivity contribution in [3.05, 3.63) is 72.9 Å². The predicted octanol–water partition coefficient (Wildman–Crippen LogP) is 6.23. The molecule has 0 saturated heterocycles. The van der Waals surface area contributed by atoms with E-state index in [4.69, 9.17) is 4.74 Å². The van der Waals surface area contributed by atoms with Crippen molar-refractivity contribution < 1.29 is 19.1 Å². The van der Waals surface area contributed by atoms with Crippen LogP contribution in [0.5, 0.6) is 0 Å². The van der Waals surface area contributed by atoms with Gasteiger partial charge < -0.3 is 20.7 Å². The molecule has 41 heavy (non-hydrogen) atoms. The number of amides is 2. The number of nitrogens with one attached hydrogen (secondary N) is 3. The molecule has 0 rings (SSSR count). The van der Waals surface area contributed by atoms with E-state index in [9.17, 15) is 14.4 Å². The van der Waals surface area contributed by atoms with Gasteiger partial charge in [-0.1, -0.05) is 101 Å². The Balaban J connectivity index is 3.65. The van der Waals surface area contributed by atoms with Crippen LogP contribution in [0.25, 0.3) is 0 Å². The Labute approximate surface area is 256 Å². The van der Waals surface area contributed by atoms with Gasteiger partial charge in [-0.05, 0) is 52.0 Å². The zero-order valence-electron chi connectivity index (χ0n) is 25.1. The summed E-state index contributed by atoms with van der Waals surface area (Å²) in [6.07, 6.45) is 33.3. The van der Waals surface area contributed by atoms with E-state index in [1.807, 2.05) is 6.08 Å².